The van der Waals surface area contributed by atoms with E-state index >= 15 is 0 Å². The lowest BCUT2D eigenvalue weighted by atomic mass is 9.97. The fourth-order valence-corrected chi connectivity index (χ4v) is 1.02. The van der Waals surface area contributed by atoms with Crippen molar-refractivity contribution < 1.29 is 4.39 Å². The van der Waals surface area contributed by atoms with Gasteiger partial charge in [-0.25, -0.2) is 4.39 Å². The maximum atomic E-state index is 13.6. The number of halogens is 1. The average Bonchev–Trinajstić information content (AvgIpc) is 2.35. The fraction of sp³-hybridized carbons (Fsp3) is 0.571. The summed E-state index contributed by atoms with van der Waals surface area (Å²) < 4.78 is 13.6. The molecular formula is C14H26FN. The van der Waals surface area contributed by atoms with Gasteiger partial charge in [0.15, 0.2) is 0 Å². The number of nitrogens with two attached hydrogens (primary N) is 1. The number of hydrogen-bond donors (Lipinski definition) is 1. The fourth-order valence-electron chi connectivity index (χ4n) is 1.02. The van der Waals surface area contributed by atoms with E-state index in [1.807, 2.05) is 46.8 Å². The van der Waals surface area contributed by atoms with Gasteiger partial charge in [0.2, 0.25) is 0 Å². The van der Waals surface area contributed by atoms with E-state index in [9.17, 15) is 4.39 Å². The number of hydrogen-bond acceptors (Lipinski definition) is 1. The van der Waals surface area contributed by atoms with Crippen LogP contribution >= 0.6 is 0 Å². The summed E-state index contributed by atoms with van der Waals surface area (Å²) in [7, 11) is 0. The normalized spacial score (nSPS) is 12.5. The van der Waals surface area contributed by atoms with Gasteiger partial charge in [0.25, 0.3) is 0 Å². The third kappa shape index (κ3) is 5.86. The van der Waals surface area contributed by atoms with Crippen molar-refractivity contribution in [2.24, 2.45) is 5.73 Å². The number of alkyl halides is 1. The Morgan fingerprint density at radius 2 is 1.44 bits per heavy atom. The Labute approximate surface area is 99.9 Å². The Hall–Kier alpha value is -0.890. The molecule has 2 heteroatoms. The van der Waals surface area contributed by atoms with Crippen molar-refractivity contribution in [1.82, 2.24) is 0 Å². The van der Waals surface area contributed by atoms with Crippen LogP contribution in [0.5, 0.6) is 0 Å². The first-order valence-corrected chi connectivity index (χ1v) is 6.02. The summed E-state index contributed by atoms with van der Waals surface area (Å²) in [5.74, 6) is 0. The summed E-state index contributed by atoms with van der Waals surface area (Å²) in [5.41, 5.74) is 5.69. The molecule has 0 bridgehead atoms. The van der Waals surface area contributed by atoms with E-state index < -0.39 is 5.67 Å². The van der Waals surface area contributed by atoms with Crippen LogP contribution in [0.3, 0.4) is 0 Å². The van der Waals surface area contributed by atoms with Crippen LogP contribution in [0.1, 0.15) is 45.7 Å². The van der Waals surface area contributed by atoms with Crippen molar-refractivity contribution in [2.75, 3.05) is 6.54 Å². The predicted octanol–water partition coefficient (Wildman–Crippen LogP) is 4.19. The van der Waals surface area contributed by atoms with Gasteiger partial charge in [0.1, 0.15) is 5.67 Å². The third-order valence-corrected chi connectivity index (χ3v) is 2.04. The highest BCUT2D eigenvalue weighted by molar-refractivity contribution is 5.26. The van der Waals surface area contributed by atoms with Gasteiger partial charge in [-0.05, 0) is 19.4 Å². The maximum absolute atomic E-state index is 13.6. The highest BCUT2D eigenvalue weighted by Crippen LogP contribution is 2.23. The minimum absolute atomic E-state index is 0.0239. The zero-order valence-electron chi connectivity index (χ0n) is 11.5. The van der Waals surface area contributed by atoms with Crippen LogP contribution in [0.4, 0.5) is 4.39 Å². The lowest BCUT2D eigenvalue weighted by molar-refractivity contribution is 0.203. The molecule has 0 aliphatic carbocycles. The van der Waals surface area contributed by atoms with Crippen LogP contribution in [-0.2, 0) is 5.67 Å². The minimum atomic E-state index is -1.40. The maximum Gasteiger partial charge on any atom is 0.145 e. The summed E-state index contributed by atoms with van der Waals surface area (Å²) in [6.07, 6.45) is 0. The van der Waals surface area contributed by atoms with Crippen LogP contribution in [0.2, 0.25) is 0 Å². The van der Waals surface area contributed by atoms with Crippen molar-refractivity contribution in [3.63, 3.8) is 0 Å². The predicted molar refractivity (Wildman–Crippen MR) is 71.4 cm³/mol. The standard InChI is InChI=1S/C10H14FN.2C2H6/c1-8-3-5-9(6-4-8)10(2,11)7-12;2*1-2/h3-6H,7,12H2,1-2H3;2*1-2H3. The van der Waals surface area contributed by atoms with E-state index in [-0.39, 0.29) is 6.54 Å². The number of rotatable bonds is 2. The molecule has 0 saturated carbocycles. The molecular weight excluding hydrogens is 201 g/mol. The van der Waals surface area contributed by atoms with Crippen LogP contribution < -0.4 is 5.73 Å². The molecule has 0 spiro atoms. The van der Waals surface area contributed by atoms with Gasteiger partial charge in [0, 0.05) is 6.54 Å². The van der Waals surface area contributed by atoms with Gasteiger partial charge in [-0.15, -0.1) is 0 Å². The van der Waals surface area contributed by atoms with E-state index in [1.54, 1.807) is 12.1 Å². The lowest BCUT2D eigenvalue weighted by Gasteiger charge is -2.18. The zero-order chi connectivity index (χ0) is 13.2. The monoisotopic (exact) mass is 227 g/mol. The smallest absolute Gasteiger partial charge is 0.145 e. The molecule has 1 aromatic carbocycles. The summed E-state index contributed by atoms with van der Waals surface area (Å²) >= 11 is 0. The second-order valence-electron chi connectivity index (χ2n) is 3.27. The molecule has 16 heavy (non-hydrogen) atoms. The Morgan fingerprint density at radius 1 is 1.06 bits per heavy atom. The van der Waals surface area contributed by atoms with Gasteiger partial charge in [-0.3, -0.25) is 0 Å². The van der Waals surface area contributed by atoms with E-state index in [1.165, 1.54) is 6.92 Å². The molecule has 0 aromatic heterocycles. The van der Waals surface area contributed by atoms with E-state index in [0.29, 0.717) is 5.56 Å². The summed E-state index contributed by atoms with van der Waals surface area (Å²) in [6, 6.07) is 7.34. The van der Waals surface area contributed by atoms with E-state index in [2.05, 4.69) is 0 Å². The van der Waals surface area contributed by atoms with Crippen LogP contribution in [0, 0.1) is 6.92 Å². The highest BCUT2D eigenvalue weighted by atomic mass is 19.1. The Balaban J connectivity index is 0. The topological polar surface area (TPSA) is 26.0 Å². The Morgan fingerprint density at radius 3 is 1.75 bits per heavy atom. The molecule has 0 aliphatic rings. The molecule has 0 fully saturated rings. The summed E-state index contributed by atoms with van der Waals surface area (Å²) in [4.78, 5) is 0. The minimum Gasteiger partial charge on any atom is -0.327 e. The molecule has 0 radical (unpaired) electrons. The first-order valence-electron chi connectivity index (χ1n) is 6.02. The van der Waals surface area contributed by atoms with Crippen molar-refractivity contribution in [3.05, 3.63) is 35.4 Å². The highest BCUT2D eigenvalue weighted by Gasteiger charge is 2.22. The quantitative estimate of drug-likeness (QED) is 0.805. The molecule has 1 atom stereocenters. The number of benzene rings is 1. The molecule has 0 amide bonds. The van der Waals surface area contributed by atoms with Crippen LogP contribution in [0.25, 0.3) is 0 Å². The van der Waals surface area contributed by atoms with Gasteiger partial charge in [-0.1, -0.05) is 57.5 Å². The lowest BCUT2D eigenvalue weighted by Crippen LogP contribution is -2.26. The molecule has 2 N–H and O–H groups in total. The first kappa shape index (κ1) is 17.5. The molecule has 94 valence electrons. The largest absolute Gasteiger partial charge is 0.327 e. The third-order valence-electron chi connectivity index (χ3n) is 2.04. The second-order valence-corrected chi connectivity index (χ2v) is 3.27. The average molecular weight is 227 g/mol. The van der Waals surface area contributed by atoms with Crippen molar-refractivity contribution in [3.8, 4) is 0 Å². The molecule has 0 saturated heterocycles. The van der Waals surface area contributed by atoms with E-state index in [4.69, 9.17) is 5.73 Å². The molecule has 1 nitrogen and oxygen atoms in total. The summed E-state index contributed by atoms with van der Waals surface area (Å²) in [5, 5.41) is 0. The molecule has 1 unspecified atom stereocenters. The number of aryl methyl sites for hydroxylation is 1. The van der Waals surface area contributed by atoms with Crippen molar-refractivity contribution in [2.45, 2.75) is 47.2 Å². The van der Waals surface area contributed by atoms with Gasteiger partial charge in [0.05, 0.1) is 0 Å². The van der Waals surface area contributed by atoms with Crippen LogP contribution in [-0.4, -0.2) is 6.54 Å². The Bertz CT molecular complexity index is 252. The van der Waals surface area contributed by atoms with Crippen LogP contribution in [0.15, 0.2) is 24.3 Å². The van der Waals surface area contributed by atoms with E-state index in [0.717, 1.165) is 5.56 Å². The van der Waals surface area contributed by atoms with Gasteiger partial charge < -0.3 is 5.73 Å². The van der Waals surface area contributed by atoms with Crippen molar-refractivity contribution in [1.29, 1.82) is 0 Å². The summed E-state index contributed by atoms with van der Waals surface area (Å²) in [6.45, 7) is 11.5. The van der Waals surface area contributed by atoms with Gasteiger partial charge >= 0.3 is 0 Å². The Kier molecular flexibility index (Phi) is 10.2. The first-order chi connectivity index (χ1) is 7.56. The molecule has 0 heterocycles. The molecule has 0 aliphatic heterocycles. The zero-order valence-corrected chi connectivity index (χ0v) is 11.5. The van der Waals surface area contributed by atoms with Crippen molar-refractivity contribution >= 4 is 0 Å². The molecule has 1 aromatic rings. The second kappa shape index (κ2) is 9.34. The SMILES string of the molecule is CC.CC.Cc1ccc(C(C)(F)CN)cc1. The van der Waals surface area contributed by atoms with Gasteiger partial charge in [-0.2, -0.15) is 0 Å². The molecule has 1 rings (SSSR count).